The number of hydrogen-bond acceptors (Lipinski definition) is 11. The highest BCUT2D eigenvalue weighted by Crippen LogP contribution is 2.51. The van der Waals surface area contributed by atoms with Crippen LogP contribution in [0.5, 0.6) is 11.9 Å². The van der Waals surface area contributed by atoms with Crippen LogP contribution in [0.15, 0.2) is 12.3 Å². The summed E-state index contributed by atoms with van der Waals surface area (Å²) in [4.78, 5) is 17.9. The van der Waals surface area contributed by atoms with E-state index in [1.165, 1.54) is 6.20 Å². The molecule has 2 N–H and O–H groups in total. The molecule has 0 spiro atoms. The van der Waals surface area contributed by atoms with Crippen LogP contribution in [0.2, 0.25) is 5.02 Å². The van der Waals surface area contributed by atoms with Gasteiger partial charge < -0.3 is 29.0 Å². The average Bonchev–Trinajstić information content (AvgIpc) is 3.69. The number of benzene rings is 1. The number of piperidine rings is 1. The highest BCUT2D eigenvalue weighted by molar-refractivity contribution is 6.35. The molecule has 4 aliphatic rings. The van der Waals surface area contributed by atoms with Crippen molar-refractivity contribution in [2.24, 2.45) is 5.41 Å². The van der Waals surface area contributed by atoms with E-state index < -0.39 is 23.9 Å². The van der Waals surface area contributed by atoms with Gasteiger partial charge in [-0.05, 0) is 70.5 Å². The molecule has 1 aromatic carbocycles. The SMILES string of the molecule is COC1CC(N2CCC[C@@]3(COc4nc(N5CCOC[C@@](C)(O)C5)c5c(OC(F)F)nc(-c6c(Cl)c(C)cc7[nH]ncc67)c(F)c5n4)CCC[C@@H]23)C1. The fourth-order valence-electron chi connectivity index (χ4n) is 8.93. The zero-order valence-corrected chi connectivity index (χ0v) is 30.2. The maximum Gasteiger partial charge on any atom is 0.388 e. The molecular weight excluding hydrogens is 703 g/mol. The summed E-state index contributed by atoms with van der Waals surface area (Å²) in [5.41, 5.74) is -0.848. The molecule has 4 fully saturated rings. The maximum atomic E-state index is 17.2. The molecule has 16 heteroatoms. The summed E-state index contributed by atoms with van der Waals surface area (Å²) in [6, 6.07) is 2.43. The first-order valence-corrected chi connectivity index (χ1v) is 18.3. The third-order valence-electron chi connectivity index (χ3n) is 11.5. The molecule has 280 valence electrons. The van der Waals surface area contributed by atoms with Crippen molar-refractivity contribution in [3.8, 4) is 23.1 Å². The smallest absolute Gasteiger partial charge is 0.388 e. The number of rotatable bonds is 9. The number of hydrogen-bond donors (Lipinski definition) is 2. The molecule has 12 nitrogen and oxygen atoms in total. The second-order valence-electron chi connectivity index (χ2n) is 15.1. The summed E-state index contributed by atoms with van der Waals surface area (Å²) in [6.07, 6.45) is 8.89. The number of nitrogens with one attached hydrogen (secondary N) is 1. The Hall–Kier alpha value is -3.50. The standard InChI is InChI=1S/C36H43ClF3N7O5/c1-19-12-23-22(15-41-45-23)25(27(19)37)29-28(38)30-26(32(42-29)52-33(39)40)31(46-10-11-50-17-35(2,48)16-46)44-34(43-30)51-18-36-7-4-6-24(36)47(9-5-8-36)20-13-21(14-20)49-3/h12,15,20-21,24,33,48H,4-11,13-14,16-18H2,1-3H3,(H,41,45)/t20?,21?,24-,35+,36-/m1/s1. The number of ether oxygens (including phenoxy) is 4. The van der Waals surface area contributed by atoms with Crippen LogP contribution in [0, 0.1) is 18.2 Å². The van der Waals surface area contributed by atoms with Crippen LogP contribution in [0.25, 0.3) is 33.1 Å². The van der Waals surface area contributed by atoms with Crippen molar-refractivity contribution in [3.63, 3.8) is 0 Å². The number of H-pyrrole nitrogens is 1. The lowest BCUT2D eigenvalue weighted by Gasteiger charge is -2.53. The lowest BCUT2D eigenvalue weighted by Crippen LogP contribution is -2.59. The van der Waals surface area contributed by atoms with Crippen LogP contribution >= 0.6 is 11.6 Å². The van der Waals surface area contributed by atoms with Crippen LogP contribution in [-0.2, 0) is 9.47 Å². The number of aryl methyl sites for hydroxylation is 1. The number of methoxy groups -OCH3 is 1. The predicted molar refractivity (Wildman–Crippen MR) is 188 cm³/mol. The van der Waals surface area contributed by atoms with Gasteiger partial charge in [-0.2, -0.15) is 23.8 Å². The molecule has 3 aromatic heterocycles. The molecule has 5 heterocycles. The lowest BCUT2D eigenvalue weighted by atomic mass is 9.73. The van der Waals surface area contributed by atoms with Gasteiger partial charge in [-0.25, -0.2) is 9.37 Å². The topological polar surface area (TPSA) is 131 Å². The van der Waals surface area contributed by atoms with Crippen molar-refractivity contribution >= 4 is 39.2 Å². The van der Waals surface area contributed by atoms with E-state index in [2.05, 4.69) is 25.1 Å². The molecule has 2 aliphatic heterocycles. The number of alkyl halides is 2. The normalized spacial score (nSPS) is 28.3. The lowest BCUT2D eigenvalue weighted by molar-refractivity contribution is -0.0845. The molecule has 8 rings (SSSR count). The molecule has 0 amide bonds. The first-order valence-electron chi connectivity index (χ1n) is 17.9. The van der Waals surface area contributed by atoms with Crippen LogP contribution in [0.3, 0.4) is 0 Å². The van der Waals surface area contributed by atoms with E-state index in [1.54, 1.807) is 31.9 Å². The Morgan fingerprint density at radius 3 is 2.77 bits per heavy atom. The first-order chi connectivity index (χ1) is 25.0. The van der Waals surface area contributed by atoms with Gasteiger partial charge in [0, 0.05) is 42.1 Å². The van der Waals surface area contributed by atoms with Gasteiger partial charge in [0.15, 0.2) is 5.82 Å². The third-order valence-corrected chi connectivity index (χ3v) is 12.0. The van der Waals surface area contributed by atoms with Gasteiger partial charge in [0.2, 0.25) is 5.88 Å². The van der Waals surface area contributed by atoms with Crippen LogP contribution < -0.4 is 14.4 Å². The van der Waals surface area contributed by atoms with E-state index in [-0.39, 0.29) is 70.7 Å². The van der Waals surface area contributed by atoms with Crippen LogP contribution in [-0.4, -0.2) is 112 Å². The summed E-state index contributed by atoms with van der Waals surface area (Å²) in [7, 11) is 1.76. The van der Waals surface area contributed by atoms with E-state index in [9.17, 15) is 13.9 Å². The number of likely N-dealkylation sites (tertiary alicyclic amines) is 1. The monoisotopic (exact) mass is 745 g/mol. The summed E-state index contributed by atoms with van der Waals surface area (Å²) in [5, 5.41) is 18.5. The van der Waals surface area contributed by atoms with Gasteiger partial charge in [-0.15, -0.1) is 0 Å². The second kappa shape index (κ2) is 13.7. The van der Waals surface area contributed by atoms with Crippen molar-refractivity contribution in [1.29, 1.82) is 0 Å². The minimum absolute atomic E-state index is 0.000219. The number of fused-ring (bicyclic) bond motifs is 3. The fraction of sp³-hybridized carbons (Fsp3) is 0.611. The number of aromatic nitrogens is 5. The number of anilines is 1. The molecule has 0 radical (unpaired) electrons. The number of pyridine rings is 1. The van der Waals surface area contributed by atoms with E-state index in [1.807, 2.05) is 0 Å². The Kier molecular flexibility index (Phi) is 9.38. The van der Waals surface area contributed by atoms with E-state index in [4.69, 9.17) is 35.5 Å². The molecule has 0 unspecified atom stereocenters. The Morgan fingerprint density at radius 2 is 1.98 bits per heavy atom. The highest BCUT2D eigenvalue weighted by Gasteiger charge is 2.52. The largest absolute Gasteiger partial charge is 0.463 e. The zero-order valence-electron chi connectivity index (χ0n) is 29.4. The molecule has 2 saturated heterocycles. The molecule has 2 saturated carbocycles. The van der Waals surface area contributed by atoms with E-state index in [0.717, 1.165) is 51.5 Å². The Balaban J connectivity index is 1.26. The molecular formula is C36H43ClF3N7O5. The summed E-state index contributed by atoms with van der Waals surface area (Å²) in [5.74, 6) is -1.47. The number of aliphatic hydroxyl groups is 1. The molecule has 4 aromatic rings. The Bertz CT molecular complexity index is 1980. The van der Waals surface area contributed by atoms with Crippen molar-refractivity contribution in [1.82, 2.24) is 30.0 Å². The average molecular weight is 746 g/mol. The van der Waals surface area contributed by atoms with Gasteiger partial charge in [0.1, 0.15) is 28.0 Å². The predicted octanol–water partition coefficient (Wildman–Crippen LogP) is 6.05. The quantitative estimate of drug-likeness (QED) is 0.208. The van der Waals surface area contributed by atoms with Crippen molar-refractivity contribution in [2.75, 3.05) is 51.5 Å². The fourth-order valence-corrected chi connectivity index (χ4v) is 9.18. The maximum absolute atomic E-state index is 17.2. The van der Waals surface area contributed by atoms with E-state index >= 15 is 4.39 Å². The number of aromatic amines is 1. The Morgan fingerprint density at radius 1 is 1.17 bits per heavy atom. The molecule has 3 atom stereocenters. The van der Waals surface area contributed by atoms with Gasteiger partial charge in [0.25, 0.3) is 0 Å². The van der Waals surface area contributed by atoms with Gasteiger partial charge in [0.05, 0.1) is 49.2 Å². The first kappa shape index (κ1) is 35.5. The minimum Gasteiger partial charge on any atom is -0.463 e. The van der Waals surface area contributed by atoms with E-state index in [0.29, 0.717) is 41.3 Å². The second-order valence-corrected chi connectivity index (χ2v) is 15.5. The summed E-state index contributed by atoms with van der Waals surface area (Å²) >= 11 is 6.77. The van der Waals surface area contributed by atoms with Gasteiger partial charge in [-0.1, -0.05) is 18.0 Å². The van der Waals surface area contributed by atoms with Crippen LogP contribution in [0.1, 0.15) is 57.4 Å². The molecule has 52 heavy (non-hydrogen) atoms. The third kappa shape index (κ3) is 6.31. The molecule has 0 bridgehead atoms. The zero-order chi connectivity index (χ0) is 36.4. The number of β-amino-alcohol motifs (C(OH)–C–C–N with tert-alkyl or cyclic N) is 1. The van der Waals surface area contributed by atoms with Crippen molar-refractivity contribution in [2.45, 2.75) is 89.2 Å². The molecule has 2 aliphatic carbocycles. The van der Waals surface area contributed by atoms with Crippen molar-refractivity contribution < 1.29 is 37.2 Å². The number of nitrogens with zero attached hydrogens (tertiary/aromatic N) is 6. The van der Waals surface area contributed by atoms with Gasteiger partial charge in [-0.3, -0.25) is 10.00 Å². The highest BCUT2D eigenvalue weighted by atomic mass is 35.5. The van der Waals surface area contributed by atoms with Crippen molar-refractivity contribution in [3.05, 3.63) is 28.7 Å². The minimum atomic E-state index is -3.31. The van der Waals surface area contributed by atoms with Crippen LogP contribution in [0.4, 0.5) is 19.0 Å². The Labute approximate surface area is 303 Å². The number of halogens is 4. The van der Waals surface area contributed by atoms with Gasteiger partial charge >= 0.3 is 12.6 Å². The summed E-state index contributed by atoms with van der Waals surface area (Å²) in [6.45, 7) is 1.80. The summed E-state index contributed by atoms with van der Waals surface area (Å²) < 4.78 is 68.2.